The third-order valence-corrected chi connectivity index (χ3v) is 6.88. The highest BCUT2D eigenvalue weighted by Crippen LogP contribution is 2.35. The first-order valence-corrected chi connectivity index (χ1v) is 12.5. The van der Waals surface area contributed by atoms with Gasteiger partial charge >= 0.3 is 0 Å². The number of nitrogens with zero attached hydrogens (tertiary/aromatic N) is 6. The Kier molecular flexibility index (Phi) is 7.00. The second kappa shape index (κ2) is 10.2. The van der Waals surface area contributed by atoms with Gasteiger partial charge in [0, 0.05) is 12.1 Å². The summed E-state index contributed by atoms with van der Waals surface area (Å²) in [5.41, 5.74) is -0.240. The number of rotatable bonds is 9. The zero-order chi connectivity index (χ0) is 26.7. The summed E-state index contributed by atoms with van der Waals surface area (Å²) in [5.74, 6) is 1.13. The summed E-state index contributed by atoms with van der Waals surface area (Å²) in [7, 11) is 1.66. The number of fused-ring (bicyclic) bond motifs is 1. The zero-order valence-electron chi connectivity index (χ0n) is 19.8. The van der Waals surface area contributed by atoms with E-state index in [4.69, 9.17) is 18.9 Å². The lowest BCUT2D eigenvalue weighted by Gasteiger charge is -2.12. The molecule has 1 aromatic carbocycles. The average molecular weight is 546 g/mol. The molecule has 37 heavy (non-hydrogen) atoms. The molecular formula is C21H19N7O7S2. The summed E-state index contributed by atoms with van der Waals surface area (Å²) < 4.78 is 50.6. The van der Waals surface area contributed by atoms with Crippen molar-refractivity contribution in [1.82, 2.24) is 24.4 Å². The number of ether oxygens (including phenoxy) is 4. The van der Waals surface area contributed by atoms with E-state index in [1.165, 1.54) is 46.9 Å². The lowest BCUT2D eigenvalue weighted by molar-refractivity contribution is 0.374. The molecule has 4 aromatic rings. The topological polar surface area (TPSA) is 172 Å². The average Bonchev–Trinajstić information content (AvgIpc) is 3.47. The van der Waals surface area contributed by atoms with Crippen LogP contribution in [-0.2, 0) is 10.0 Å². The minimum Gasteiger partial charge on any atom is -0.496 e. The maximum Gasteiger partial charge on any atom is 0.294 e. The van der Waals surface area contributed by atoms with Crippen molar-refractivity contribution in [1.29, 1.82) is 5.26 Å². The Hall–Kier alpha value is -4.62. The fourth-order valence-corrected chi connectivity index (χ4v) is 4.84. The first-order chi connectivity index (χ1) is 17.7. The van der Waals surface area contributed by atoms with Crippen molar-refractivity contribution in [3.8, 4) is 39.2 Å². The number of aromatic nitrogens is 5. The van der Waals surface area contributed by atoms with Gasteiger partial charge in [0.25, 0.3) is 20.8 Å². The van der Waals surface area contributed by atoms with Crippen LogP contribution in [0.15, 0.2) is 34.7 Å². The Morgan fingerprint density at radius 2 is 1.78 bits per heavy atom. The molecule has 0 aliphatic carbocycles. The molecule has 0 amide bonds. The number of hydrogen-bond donors (Lipinski definition) is 1. The molecule has 0 saturated carbocycles. The zero-order valence-corrected chi connectivity index (χ0v) is 21.5. The molecule has 0 spiro atoms. The van der Waals surface area contributed by atoms with Crippen LogP contribution in [0.25, 0.3) is 22.3 Å². The summed E-state index contributed by atoms with van der Waals surface area (Å²) in [6.45, 7) is 0. The monoisotopic (exact) mass is 545 g/mol. The van der Waals surface area contributed by atoms with Crippen LogP contribution in [0.2, 0.25) is 0 Å². The van der Waals surface area contributed by atoms with Crippen molar-refractivity contribution in [2.24, 2.45) is 0 Å². The molecule has 0 bridgehead atoms. The van der Waals surface area contributed by atoms with Crippen molar-refractivity contribution in [2.45, 2.75) is 0 Å². The van der Waals surface area contributed by atoms with E-state index < -0.39 is 15.6 Å². The molecule has 3 heterocycles. The molecule has 3 aromatic heterocycles. The molecule has 0 aliphatic heterocycles. The number of methoxy groups -OCH3 is 4. The highest BCUT2D eigenvalue weighted by Gasteiger charge is 2.22. The Bertz CT molecular complexity index is 1690. The van der Waals surface area contributed by atoms with Crippen molar-refractivity contribution < 1.29 is 27.4 Å². The van der Waals surface area contributed by atoms with Gasteiger partial charge in [0.2, 0.25) is 6.19 Å². The normalized spacial score (nSPS) is 11.4. The van der Waals surface area contributed by atoms with E-state index in [0.29, 0.717) is 27.5 Å². The molecule has 0 aliphatic rings. The van der Waals surface area contributed by atoms with Crippen LogP contribution in [-0.4, -0.2) is 61.2 Å². The number of sulfonamides is 1. The molecule has 192 valence electrons. The van der Waals surface area contributed by atoms with Gasteiger partial charge in [-0.15, -0.1) is 9.78 Å². The summed E-state index contributed by atoms with van der Waals surface area (Å²) >= 11 is 0.996. The quantitative estimate of drug-likeness (QED) is 0.325. The Balaban J connectivity index is 1.70. The maximum atomic E-state index is 12.8. The fourth-order valence-electron chi connectivity index (χ4n) is 3.33. The summed E-state index contributed by atoms with van der Waals surface area (Å²) in [6.07, 6.45) is 5.49. The second-order valence-electron chi connectivity index (χ2n) is 7.08. The Morgan fingerprint density at radius 1 is 1.08 bits per heavy atom. The fraction of sp³-hybridized carbons (Fsp3) is 0.190. The predicted molar refractivity (Wildman–Crippen MR) is 134 cm³/mol. The molecule has 0 fully saturated rings. The molecule has 0 unspecified atom stereocenters. The molecule has 1 N–H and O–H groups in total. The highest BCUT2D eigenvalue weighted by atomic mass is 32.2. The molecule has 0 atom stereocenters. The van der Waals surface area contributed by atoms with Gasteiger partial charge in [-0.05, 0) is 6.08 Å². The van der Waals surface area contributed by atoms with Gasteiger partial charge in [-0.1, -0.05) is 16.4 Å². The lowest BCUT2D eigenvalue weighted by Crippen LogP contribution is -2.16. The van der Waals surface area contributed by atoms with Crippen LogP contribution >= 0.6 is 11.3 Å². The molecule has 0 radical (unpaired) electrons. The number of benzene rings is 1. The smallest absolute Gasteiger partial charge is 0.294 e. The van der Waals surface area contributed by atoms with Crippen molar-refractivity contribution in [2.75, 3.05) is 33.2 Å². The number of hydrogen-bond acceptors (Lipinski definition) is 12. The van der Waals surface area contributed by atoms with Crippen LogP contribution < -0.4 is 29.2 Å². The van der Waals surface area contributed by atoms with Gasteiger partial charge in [-0.2, -0.15) is 5.26 Å². The van der Waals surface area contributed by atoms with E-state index >= 15 is 0 Å². The first-order valence-electron chi connectivity index (χ1n) is 10.2. The molecular weight excluding hydrogens is 526 g/mol. The van der Waals surface area contributed by atoms with Crippen LogP contribution in [0.1, 0.15) is 5.56 Å². The molecule has 4 rings (SSSR count). The summed E-state index contributed by atoms with van der Waals surface area (Å²) in [6, 6.07) is 3.16. The largest absolute Gasteiger partial charge is 0.496 e. The minimum atomic E-state index is -4.08. The molecule has 0 saturated heterocycles. The van der Waals surface area contributed by atoms with Gasteiger partial charge in [-0.25, -0.2) is 17.9 Å². The number of nitriles is 1. The number of anilines is 1. The first kappa shape index (κ1) is 25.5. The van der Waals surface area contributed by atoms with Crippen molar-refractivity contribution in [3.63, 3.8) is 0 Å². The van der Waals surface area contributed by atoms with Gasteiger partial charge in [-0.3, -0.25) is 9.52 Å². The van der Waals surface area contributed by atoms with Crippen molar-refractivity contribution in [3.05, 3.63) is 45.9 Å². The highest BCUT2D eigenvalue weighted by molar-refractivity contribution is 7.95. The maximum absolute atomic E-state index is 12.8. The molecule has 16 heteroatoms. The van der Waals surface area contributed by atoms with E-state index in [2.05, 4.69) is 19.9 Å². The number of nitrogens with one attached hydrogen (secondary N) is 1. The van der Waals surface area contributed by atoms with Crippen LogP contribution in [0.4, 0.5) is 5.69 Å². The molecule has 14 nitrogen and oxygen atoms in total. The van der Waals surface area contributed by atoms with Gasteiger partial charge in [0.15, 0.2) is 10.7 Å². The van der Waals surface area contributed by atoms with Crippen LogP contribution in [0.5, 0.6) is 22.4 Å². The van der Waals surface area contributed by atoms with E-state index in [9.17, 15) is 18.5 Å². The SMILES string of the molecule is COc1cc(OC)c(/C=C/S(=O)(=O)Nc2cnc3c(-c4nnc(OC)s4)c(=O)n(C#N)n3c2)c(OC)c1. The third kappa shape index (κ3) is 4.90. The van der Waals surface area contributed by atoms with Gasteiger partial charge in [0.1, 0.15) is 22.8 Å². The Morgan fingerprint density at radius 3 is 2.35 bits per heavy atom. The van der Waals surface area contributed by atoms with E-state index in [-0.39, 0.29) is 27.1 Å². The van der Waals surface area contributed by atoms with Gasteiger partial charge < -0.3 is 18.9 Å². The minimum absolute atomic E-state index is 0.00814. The van der Waals surface area contributed by atoms with E-state index in [0.717, 1.165) is 21.3 Å². The summed E-state index contributed by atoms with van der Waals surface area (Å²) in [4.78, 5) is 17.0. The van der Waals surface area contributed by atoms with E-state index in [1.807, 2.05) is 0 Å². The second-order valence-corrected chi connectivity index (χ2v) is 9.58. The Labute approximate surface area is 214 Å². The summed E-state index contributed by atoms with van der Waals surface area (Å²) in [5, 5.41) is 18.6. The standard InChI is InChI=1S/C21H19N7O7S2/c1-32-13-7-15(33-2)14(16(8-13)34-3)5-6-37(30,31)26-12-9-23-18-17(19-24-25-21(35-4)36-19)20(29)28(11-22)27(18)10-12/h5-10,26H,1-4H3/b6-5+. The predicted octanol–water partition coefficient (Wildman–Crippen LogP) is 1.79. The lowest BCUT2D eigenvalue weighted by atomic mass is 10.1. The third-order valence-electron chi connectivity index (χ3n) is 4.97. The van der Waals surface area contributed by atoms with Gasteiger partial charge in [0.05, 0.1) is 57.5 Å². The van der Waals surface area contributed by atoms with Crippen LogP contribution in [0, 0.1) is 11.5 Å². The van der Waals surface area contributed by atoms with Crippen LogP contribution in [0.3, 0.4) is 0 Å². The van der Waals surface area contributed by atoms with Crippen molar-refractivity contribution >= 4 is 38.8 Å². The van der Waals surface area contributed by atoms with E-state index in [1.54, 1.807) is 18.3 Å².